The first kappa shape index (κ1) is 15.1. The normalized spacial score (nSPS) is 11.2. The maximum Gasteiger partial charge on any atom is 0.126 e. The number of aryl methyl sites for hydroxylation is 1. The second-order valence-electron chi connectivity index (χ2n) is 4.95. The molecule has 0 heterocycles. The van der Waals surface area contributed by atoms with E-state index in [1.165, 1.54) is 18.4 Å². The van der Waals surface area contributed by atoms with E-state index in [2.05, 4.69) is 17.3 Å². The molecule has 0 unspecified atom stereocenters. The van der Waals surface area contributed by atoms with Crippen molar-refractivity contribution in [3.63, 3.8) is 0 Å². The van der Waals surface area contributed by atoms with Crippen molar-refractivity contribution < 1.29 is 4.39 Å². The SMILES string of the molecule is CNCCCCN(C)CCc1ccc(F)c(C)c1. The fourth-order valence-corrected chi connectivity index (χ4v) is 1.98. The first-order valence-corrected chi connectivity index (χ1v) is 6.71. The van der Waals surface area contributed by atoms with Gasteiger partial charge in [-0.05, 0) is 70.6 Å². The van der Waals surface area contributed by atoms with Crippen molar-refractivity contribution in [2.75, 3.05) is 33.7 Å². The number of nitrogens with one attached hydrogen (secondary N) is 1. The van der Waals surface area contributed by atoms with Crippen LogP contribution in [0, 0.1) is 12.7 Å². The molecule has 102 valence electrons. The Morgan fingerprint density at radius 2 is 2.00 bits per heavy atom. The standard InChI is InChI=1S/C15H25FN2/c1-13-12-14(6-7-15(13)16)8-11-18(3)10-5-4-9-17-2/h6-7,12,17H,4-5,8-11H2,1-3H3. The molecule has 0 atom stereocenters. The lowest BCUT2D eigenvalue weighted by Crippen LogP contribution is -2.23. The molecule has 0 saturated carbocycles. The highest BCUT2D eigenvalue weighted by atomic mass is 19.1. The molecule has 3 heteroatoms. The van der Waals surface area contributed by atoms with E-state index in [-0.39, 0.29) is 5.82 Å². The van der Waals surface area contributed by atoms with Crippen LogP contribution < -0.4 is 5.32 Å². The van der Waals surface area contributed by atoms with Gasteiger partial charge in [0, 0.05) is 6.54 Å². The van der Waals surface area contributed by atoms with Crippen molar-refractivity contribution in [1.29, 1.82) is 0 Å². The number of benzene rings is 1. The van der Waals surface area contributed by atoms with E-state index in [9.17, 15) is 4.39 Å². The predicted molar refractivity (Wildman–Crippen MR) is 75.5 cm³/mol. The Bertz CT molecular complexity index is 352. The summed E-state index contributed by atoms with van der Waals surface area (Å²) in [7, 11) is 4.14. The van der Waals surface area contributed by atoms with Gasteiger partial charge in [-0.25, -0.2) is 4.39 Å². The Morgan fingerprint density at radius 3 is 2.67 bits per heavy atom. The number of likely N-dealkylation sites (N-methyl/N-ethyl adjacent to an activating group) is 1. The van der Waals surface area contributed by atoms with Crippen LogP contribution in [0.4, 0.5) is 4.39 Å². The number of nitrogens with zero attached hydrogens (tertiary/aromatic N) is 1. The van der Waals surface area contributed by atoms with Crippen LogP contribution in [-0.4, -0.2) is 38.6 Å². The fourth-order valence-electron chi connectivity index (χ4n) is 1.98. The largest absolute Gasteiger partial charge is 0.320 e. The first-order chi connectivity index (χ1) is 8.63. The van der Waals surface area contributed by atoms with Gasteiger partial charge < -0.3 is 10.2 Å². The monoisotopic (exact) mass is 252 g/mol. The van der Waals surface area contributed by atoms with Crippen molar-refractivity contribution in [3.05, 3.63) is 35.1 Å². The number of hydrogen-bond acceptors (Lipinski definition) is 2. The maximum atomic E-state index is 13.1. The third kappa shape index (κ3) is 5.61. The Kier molecular flexibility index (Phi) is 6.91. The molecule has 18 heavy (non-hydrogen) atoms. The Labute approximate surface area is 110 Å². The van der Waals surface area contributed by atoms with Crippen molar-refractivity contribution >= 4 is 0 Å². The highest BCUT2D eigenvalue weighted by Gasteiger charge is 2.02. The van der Waals surface area contributed by atoms with Crippen LogP contribution in [0.15, 0.2) is 18.2 Å². The van der Waals surface area contributed by atoms with Gasteiger partial charge in [-0.2, -0.15) is 0 Å². The average Bonchev–Trinajstić information content (AvgIpc) is 2.36. The topological polar surface area (TPSA) is 15.3 Å². The minimum absolute atomic E-state index is 0.112. The zero-order valence-electron chi connectivity index (χ0n) is 11.8. The van der Waals surface area contributed by atoms with Crippen LogP contribution in [0.2, 0.25) is 0 Å². The van der Waals surface area contributed by atoms with Gasteiger partial charge in [0.25, 0.3) is 0 Å². The lowest BCUT2D eigenvalue weighted by Gasteiger charge is -2.16. The van der Waals surface area contributed by atoms with Gasteiger partial charge in [0.15, 0.2) is 0 Å². The number of hydrogen-bond donors (Lipinski definition) is 1. The lowest BCUT2D eigenvalue weighted by atomic mass is 10.1. The van der Waals surface area contributed by atoms with Crippen LogP contribution in [0.25, 0.3) is 0 Å². The molecule has 0 amide bonds. The van der Waals surface area contributed by atoms with Crippen molar-refractivity contribution in [3.8, 4) is 0 Å². The van der Waals surface area contributed by atoms with E-state index in [1.54, 1.807) is 6.07 Å². The third-order valence-corrected chi connectivity index (χ3v) is 3.22. The maximum absolute atomic E-state index is 13.1. The quantitative estimate of drug-likeness (QED) is 0.715. The van der Waals surface area contributed by atoms with Crippen molar-refractivity contribution in [2.24, 2.45) is 0 Å². The molecule has 0 aliphatic rings. The molecule has 0 aliphatic carbocycles. The summed E-state index contributed by atoms with van der Waals surface area (Å²) < 4.78 is 13.1. The van der Waals surface area contributed by atoms with E-state index in [4.69, 9.17) is 0 Å². The summed E-state index contributed by atoms with van der Waals surface area (Å²) in [5, 5.41) is 3.16. The highest BCUT2D eigenvalue weighted by Crippen LogP contribution is 2.10. The second-order valence-corrected chi connectivity index (χ2v) is 4.95. The molecule has 0 spiro atoms. The molecule has 2 nitrogen and oxygen atoms in total. The highest BCUT2D eigenvalue weighted by molar-refractivity contribution is 5.24. The van der Waals surface area contributed by atoms with Gasteiger partial charge in [0.1, 0.15) is 5.82 Å². The summed E-state index contributed by atoms with van der Waals surface area (Å²) in [5.41, 5.74) is 1.96. The first-order valence-electron chi connectivity index (χ1n) is 6.71. The van der Waals surface area contributed by atoms with Gasteiger partial charge in [-0.15, -0.1) is 0 Å². The molecular formula is C15H25FN2. The van der Waals surface area contributed by atoms with E-state index >= 15 is 0 Å². The van der Waals surface area contributed by atoms with Gasteiger partial charge in [-0.1, -0.05) is 12.1 Å². The molecule has 0 fully saturated rings. The van der Waals surface area contributed by atoms with Crippen molar-refractivity contribution in [2.45, 2.75) is 26.2 Å². The summed E-state index contributed by atoms with van der Waals surface area (Å²) in [6.45, 7) is 5.07. The smallest absolute Gasteiger partial charge is 0.126 e. The summed E-state index contributed by atoms with van der Waals surface area (Å²) in [6.07, 6.45) is 3.43. The third-order valence-electron chi connectivity index (χ3n) is 3.22. The molecule has 1 N–H and O–H groups in total. The molecular weight excluding hydrogens is 227 g/mol. The van der Waals surface area contributed by atoms with Gasteiger partial charge in [0.05, 0.1) is 0 Å². The Hall–Kier alpha value is -0.930. The van der Waals surface area contributed by atoms with Crippen LogP contribution in [-0.2, 0) is 6.42 Å². The average molecular weight is 252 g/mol. The van der Waals surface area contributed by atoms with Crippen LogP contribution in [0.3, 0.4) is 0 Å². The zero-order chi connectivity index (χ0) is 13.4. The van der Waals surface area contributed by atoms with Crippen LogP contribution in [0.5, 0.6) is 0 Å². The molecule has 0 bridgehead atoms. The number of unbranched alkanes of at least 4 members (excludes halogenated alkanes) is 1. The van der Waals surface area contributed by atoms with Crippen LogP contribution >= 0.6 is 0 Å². The molecule has 0 saturated heterocycles. The lowest BCUT2D eigenvalue weighted by molar-refractivity contribution is 0.329. The summed E-state index contributed by atoms with van der Waals surface area (Å²) in [4.78, 5) is 2.34. The minimum atomic E-state index is -0.112. The van der Waals surface area contributed by atoms with Gasteiger partial charge in [-0.3, -0.25) is 0 Å². The summed E-state index contributed by atoms with van der Waals surface area (Å²) in [5.74, 6) is -0.112. The minimum Gasteiger partial charge on any atom is -0.320 e. The fraction of sp³-hybridized carbons (Fsp3) is 0.600. The molecule has 0 aliphatic heterocycles. The van der Waals surface area contributed by atoms with Crippen LogP contribution in [0.1, 0.15) is 24.0 Å². The molecule has 0 radical (unpaired) electrons. The van der Waals surface area contributed by atoms with Crippen molar-refractivity contribution in [1.82, 2.24) is 10.2 Å². The van der Waals surface area contributed by atoms with E-state index in [0.29, 0.717) is 0 Å². The second kappa shape index (κ2) is 8.22. The Morgan fingerprint density at radius 1 is 1.22 bits per heavy atom. The van der Waals surface area contributed by atoms with Gasteiger partial charge in [0.2, 0.25) is 0 Å². The summed E-state index contributed by atoms with van der Waals surface area (Å²) >= 11 is 0. The van der Waals surface area contributed by atoms with E-state index in [0.717, 1.165) is 31.6 Å². The molecule has 1 aromatic carbocycles. The molecule has 1 rings (SSSR count). The number of rotatable bonds is 8. The Balaban J connectivity index is 2.24. The van der Waals surface area contributed by atoms with E-state index < -0.39 is 0 Å². The number of halogens is 1. The zero-order valence-corrected chi connectivity index (χ0v) is 11.8. The predicted octanol–water partition coefficient (Wildman–Crippen LogP) is 2.61. The molecule has 0 aromatic heterocycles. The summed E-state index contributed by atoms with van der Waals surface area (Å²) in [6, 6.07) is 5.40. The molecule has 1 aromatic rings. The van der Waals surface area contributed by atoms with Gasteiger partial charge >= 0.3 is 0 Å². The van der Waals surface area contributed by atoms with E-state index in [1.807, 2.05) is 26.1 Å².